The largest absolute Gasteiger partial charge is 0.296 e. The molecule has 1 aliphatic rings. The molecule has 7 nitrogen and oxygen atoms in total. The number of hydrogen-bond acceptors (Lipinski definition) is 6. The van der Waals surface area contributed by atoms with E-state index in [1.165, 1.54) is 27.8 Å². The van der Waals surface area contributed by atoms with Crippen LogP contribution in [0, 0.1) is 0 Å². The van der Waals surface area contributed by atoms with Crippen LogP contribution < -0.4 is 5.32 Å². The third-order valence-corrected chi connectivity index (χ3v) is 7.97. The summed E-state index contributed by atoms with van der Waals surface area (Å²) in [4.78, 5) is 12.9. The molecule has 0 bridgehead atoms. The molecule has 2 heterocycles. The van der Waals surface area contributed by atoms with Crippen LogP contribution in [0.1, 0.15) is 29.6 Å². The van der Waals surface area contributed by atoms with Crippen LogP contribution >= 0.6 is 22.9 Å². The van der Waals surface area contributed by atoms with Crippen molar-refractivity contribution in [1.29, 1.82) is 0 Å². The van der Waals surface area contributed by atoms with Crippen molar-refractivity contribution in [2.75, 3.05) is 18.4 Å². The van der Waals surface area contributed by atoms with Crippen LogP contribution in [0.4, 0.5) is 5.13 Å². The Balaban J connectivity index is 1.59. The Bertz CT molecular complexity index is 1170. The van der Waals surface area contributed by atoms with E-state index >= 15 is 0 Å². The lowest BCUT2D eigenvalue weighted by Gasteiger charge is -2.26. The lowest BCUT2D eigenvalue weighted by molar-refractivity contribution is 0.102. The summed E-state index contributed by atoms with van der Waals surface area (Å²) >= 11 is 7.36. The van der Waals surface area contributed by atoms with E-state index in [1.54, 1.807) is 18.2 Å². The molecule has 1 fully saturated rings. The molecule has 0 radical (unpaired) electrons. The number of benzene rings is 2. The van der Waals surface area contributed by atoms with Gasteiger partial charge in [-0.2, -0.15) is 4.31 Å². The Morgan fingerprint density at radius 2 is 1.70 bits per heavy atom. The van der Waals surface area contributed by atoms with E-state index in [0.29, 0.717) is 28.7 Å². The summed E-state index contributed by atoms with van der Waals surface area (Å²) in [7, 11) is -3.75. The number of anilines is 1. The van der Waals surface area contributed by atoms with Gasteiger partial charge >= 0.3 is 0 Å². The number of nitrogens with one attached hydrogen (secondary N) is 1. The van der Waals surface area contributed by atoms with Gasteiger partial charge in [0.15, 0.2) is 5.01 Å². The zero-order chi connectivity index (χ0) is 21.1. The first-order valence-electron chi connectivity index (χ1n) is 9.46. The molecule has 2 aromatic carbocycles. The predicted molar refractivity (Wildman–Crippen MR) is 117 cm³/mol. The Morgan fingerprint density at radius 3 is 2.47 bits per heavy atom. The molecular weight excluding hydrogens is 444 g/mol. The normalized spacial score (nSPS) is 15.1. The summed E-state index contributed by atoms with van der Waals surface area (Å²) in [5.74, 6) is -0.548. The molecule has 1 aromatic heterocycles. The molecule has 0 spiro atoms. The van der Waals surface area contributed by atoms with Crippen molar-refractivity contribution in [3.05, 3.63) is 59.1 Å². The number of piperidine rings is 1. The highest BCUT2D eigenvalue weighted by Gasteiger charge is 2.30. The van der Waals surface area contributed by atoms with Gasteiger partial charge < -0.3 is 0 Å². The molecule has 1 amide bonds. The van der Waals surface area contributed by atoms with E-state index in [4.69, 9.17) is 11.6 Å². The summed E-state index contributed by atoms with van der Waals surface area (Å²) < 4.78 is 27.6. The fourth-order valence-corrected chi connectivity index (χ4v) is 6.07. The fraction of sp³-hybridized carbons (Fsp3) is 0.250. The standard InChI is InChI=1S/C20H19ClN4O3S2/c21-16-10-4-2-8-14(16)19-23-24-20(29-19)22-18(26)15-9-3-5-11-17(15)30(27,28)25-12-6-1-7-13-25/h2-5,8-11H,1,6-7,12-13H2,(H,22,24,26). The molecule has 3 aromatic rings. The first kappa shape index (κ1) is 20.9. The Kier molecular flexibility index (Phi) is 6.14. The summed E-state index contributed by atoms with van der Waals surface area (Å²) in [6.07, 6.45) is 2.66. The van der Waals surface area contributed by atoms with Crippen LogP contribution in [0.25, 0.3) is 10.6 Å². The van der Waals surface area contributed by atoms with Gasteiger partial charge in [0.2, 0.25) is 15.2 Å². The quantitative estimate of drug-likeness (QED) is 0.610. The van der Waals surface area contributed by atoms with Crippen molar-refractivity contribution >= 4 is 44.0 Å². The van der Waals surface area contributed by atoms with Crippen molar-refractivity contribution < 1.29 is 13.2 Å². The first-order chi connectivity index (χ1) is 14.5. The molecular formula is C20H19ClN4O3S2. The molecule has 0 unspecified atom stereocenters. The van der Waals surface area contributed by atoms with Gasteiger partial charge in [-0.1, -0.05) is 59.7 Å². The summed E-state index contributed by atoms with van der Waals surface area (Å²) in [6.45, 7) is 0.936. The predicted octanol–water partition coefficient (Wildman–Crippen LogP) is 4.29. The maximum atomic E-state index is 13.1. The highest BCUT2D eigenvalue weighted by Crippen LogP contribution is 2.32. The number of carbonyl (C=O) groups is 1. The van der Waals surface area contributed by atoms with Crippen molar-refractivity contribution in [2.45, 2.75) is 24.2 Å². The van der Waals surface area contributed by atoms with Crippen molar-refractivity contribution in [3.8, 4) is 10.6 Å². The number of hydrogen-bond donors (Lipinski definition) is 1. The second kappa shape index (κ2) is 8.81. The van der Waals surface area contributed by atoms with E-state index in [0.717, 1.165) is 19.3 Å². The molecule has 4 rings (SSSR count). The van der Waals surface area contributed by atoms with Crippen LogP contribution in [0.5, 0.6) is 0 Å². The molecule has 0 saturated carbocycles. The molecule has 1 saturated heterocycles. The minimum atomic E-state index is -3.75. The second-order valence-electron chi connectivity index (χ2n) is 6.81. The van der Waals surface area contributed by atoms with Crippen molar-refractivity contribution in [3.63, 3.8) is 0 Å². The first-order valence-corrected chi connectivity index (χ1v) is 12.1. The zero-order valence-corrected chi connectivity index (χ0v) is 18.3. The van der Waals surface area contributed by atoms with Crippen LogP contribution in [-0.4, -0.2) is 41.9 Å². The minimum absolute atomic E-state index is 0.000225. The SMILES string of the molecule is O=C(Nc1nnc(-c2ccccc2Cl)s1)c1ccccc1S(=O)(=O)N1CCCCC1. The number of amides is 1. The molecule has 30 heavy (non-hydrogen) atoms. The van der Waals surface area contributed by atoms with Crippen molar-refractivity contribution in [1.82, 2.24) is 14.5 Å². The Morgan fingerprint density at radius 1 is 1.00 bits per heavy atom. The summed E-state index contributed by atoms with van der Waals surface area (Å²) in [5, 5.41) is 12.1. The monoisotopic (exact) mass is 462 g/mol. The van der Waals surface area contributed by atoms with Crippen LogP contribution in [-0.2, 0) is 10.0 Å². The molecule has 1 N–H and O–H groups in total. The van der Waals surface area contributed by atoms with Gasteiger partial charge in [0, 0.05) is 18.7 Å². The molecule has 10 heteroatoms. The maximum Gasteiger partial charge on any atom is 0.258 e. The van der Waals surface area contributed by atoms with Crippen LogP contribution in [0.3, 0.4) is 0 Å². The number of nitrogens with zero attached hydrogens (tertiary/aromatic N) is 3. The molecule has 156 valence electrons. The summed E-state index contributed by atoms with van der Waals surface area (Å²) in [5.41, 5.74) is 0.794. The van der Waals surface area contributed by atoms with E-state index in [1.807, 2.05) is 18.2 Å². The van der Waals surface area contributed by atoms with Gasteiger partial charge in [-0.25, -0.2) is 8.42 Å². The highest BCUT2D eigenvalue weighted by atomic mass is 35.5. The van der Waals surface area contributed by atoms with Gasteiger partial charge in [0.25, 0.3) is 5.91 Å². The minimum Gasteiger partial charge on any atom is -0.296 e. The average molecular weight is 463 g/mol. The Labute approximate surface area is 183 Å². The van der Waals surface area contributed by atoms with Gasteiger partial charge in [-0.15, -0.1) is 10.2 Å². The number of sulfonamides is 1. The van der Waals surface area contributed by atoms with E-state index in [-0.39, 0.29) is 15.6 Å². The van der Waals surface area contributed by atoms with E-state index in [9.17, 15) is 13.2 Å². The fourth-order valence-electron chi connectivity index (χ4n) is 3.31. The smallest absolute Gasteiger partial charge is 0.258 e. The number of aromatic nitrogens is 2. The van der Waals surface area contributed by atoms with E-state index < -0.39 is 15.9 Å². The van der Waals surface area contributed by atoms with Crippen LogP contribution in [0.2, 0.25) is 5.02 Å². The van der Waals surface area contributed by atoms with Gasteiger partial charge in [0.1, 0.15) is 0 Å². The van der Waals surface area contributed by atoms with Gasteiger partial charge in [0.05, 0.1) is 15.5 Å². The highest BCUT2D eigenvalue weighted by molar-refractivity contribution is 7.89. The average Bonchev–Trinajstić information content (AvgIpc) is 3.23. The third kappa shape index (κ3) is 4.24. The number of rotatable bonds is 5. The summed E-state index contributed by atoms with van der Waals surface area (Å²) in [6, 6.07) is 13.4. The maximum absolute atomic E-state index is 13.1. The second-order valence-corrected chi connectivity index (χ2v) is 10.1. The molecule has 0 atom stereocenters. The van der Waals surface area contributed by atoms with Gasteiger partial charge in [-0.3, -0.25) is 10.1 Å². The van der Waals surface area contributed by atoms with Crippen LogP contribution in [0.15, 0.2) is 53.4 Å². The molecule has 0 aliphatic carbocycles. The van der Waals surface area contributed by atoms with E-state index in [2.05, 4.69) is 15.5 Å². The topological polar surface area (TPSA) is 92.3 Å². The number of halogens is 1. The number of carbonyl (C=O) groups excluding carboxylic acids is 1. The lowest BCUT2D eigenvalue weighted by atomic mass is 10.2. The Hall–Kier alpha value is -2.33. The van der Waals surface area contributed by atoms with Crippen molar-refractivity contribution in [2.24, 2.45) is 0 Å². The third-order valence-electron chi connectivity index (χ3n) is 4.81. The molecule has 1 aliphatic heterocycles. The lowest BCUT2D eigenvalue weighted by Crippen LogP contribution is -2.36. The van der Waals surface area contributed by atoms with Gasteiger partial charge in [-0.05, 0) is 31.0 Å². The zero-order valence-electron chi connectivity index (χ0n) is 15.9.